The first kappa shape index (κ1) is 26.4. The first-order chi connectivity index (χ1) is 16.8. The van der Waals surface area contributed by atoms with Gasteiger partial charge in [0.1, 0.15) is 22.6 Å². The molecule has 9 nitrogen and oxygen atoms in total. The quantitative estimate of drug-likeness (QED) is 0.495. The van der Waals surface area contributed by atoms with Crippen molar-refractivity contribution in [2.24, 2.45) is 0 Å². The van der Waals surface area contributed by atoms with E-state index in [-0.39, 0.29) is 17.5 Å². The number of hydrogen-bond donors (Lipinski definition) is 2. The van der Waals surface area contributed by atoms with Crippen LogP contribution in [0.3, 0.4) is 0 Å². The number of aliphatic hydroxyl groups excluding tert-OH is 1. The number of nitrogens with one attached hydrogen (secondary N) is 1. The lowest BCUT2D eigenvalue weighted by Crippen LogP contribution is -2.45. The number of benzene rings is 1. The maximum absolute atomic E-state index is 12.6. The molecule has 1 aromatic carbocycles. The Hall–Kier alpha value is -1.66. The predicted molar refractivity (Wildman–Crippen MR) is 135 cm³/mol. The average molecular weight is 545 g/mol. The van der Waals surface area contributed by atoms with Crippen molar-refractivity contribution in [3.63, 3.8) is 0 Å². The van der Waals surface area contributed by atoms with E-state index >= 15 is 0 Å². The number of halogens is 2. The van der Waals surface area contributed by atoms with Crippen LogP contribution in [0, 0.1) is 0 Å². The zero-order chi connectivity index (χ0) is 24.8. The smallest absolute Gasteiger partial charge is 0.242 e. The van der Waals surface area contributed by atoms with Crippen LogP contribution in [0.15, 0.2) is 41.4 Å². The average Bonchev–Trinajstić information content (AvgIpc) is 2.87. The Kier molecular flexibility index (Phi) is 9.09. The van der Waals surface area contributed by atoms with Gasteiger partial charge in [0.25, 0.3) is 0 Å². The normalized spacial score (nSPS) is 19.0. The van der Waals surface area contributed by atoms with Gasteiger partial charge in [0.15, 0.2) is 0 Å². The van der Waals surface area contributed by atoms with E-state index in [0.717, 1.165) is 44.8 Å². The highest BCUT2D eigenvalue weighted by molar-refractivity contribution is 7.89. The van der Waals surface area contributed by atoms with Crippen LogP contribution in [0.4, 0.5) is 5.82 Å². The van der Waals surface area contributed by atoms with E-state index in [1.807, 2.05) is 0 Å². The fourth-order valence-electron chi connectivity index (χ4n) is 4.12. The van der Waals surface area contributed by atoms with E-state index < -0.39 is 16.1 Å². The number of anilines is 1. The molecule has 1 atom stereocenters. The summed E-state index contributed by atoms with van der Waals surface area (Å²) in [4.78, 5) is 8.52. The monoisotopic (exact) mass is 544 g/mol. The minimum absolute atomic E-state index is 0.0482. The molecule has 2 fully saturated rings. The number of piperidine rings is 1. The molecule has 2 aromatic rings. The second kappa shape index (κ2) is 12.1. The van der Waals surface area contributed by atoms with Crippen molar-refractivity contribution in [2.45, 2.75) is 29.9 Å². The van der Waals surface area contributed by atoms with Gasteiger partial charge in [-0.15, -0.1) is 0 Å². The third-order valence-corrected chi connectivity index (χ3v) is 8.22. The topological polar surface area (TPSA) is 104 Å². The number of ether oxygens (including phenoxy) is 2. The number of hydrogen-bond acceptors (Lipinski definition) is 8. The molecule has 1 aromatic heterocycles. The van der Waals surface area contributed by atoms with Gasteiger partial charge in [0.05, 0.1) is 29.4 Å². The van der Waals surface area contributed by atoms with Crippen LogP contribution in [0.25, 0.3) is 0 Å². The number of morpholine rings is 1. The van der Waals surface area contributed by atoms with E-state index in [1.54, 1.807) is 24.3 Å². The summed E-state index contributed by atoms with van der Waals surface area (Å²) in [6.45, 7) is 4.48. The second-order valence-electron chi connectivity index (χ2n) is 8.65. The van der Waals surface area contributed by atoms with Crippen molar-refractivity contribution < 1.29 is 23.0 Å². The van der Waals surface area contributed by atoms with Gasteiger partial charge in [-0.1, -0.05) is 23.2 Å². The number of β-amino-alcohol motifs (C(OH)–C–C–N with tert-alkyl or cyclic N) is 1. The standard InChI is InChI=1S/C23H30Cl2N4O5S/c24-21-3-1-19(13-22(21)25)34-18-5-7-28(8-6-18)16-17(30)14-27-35(31,32)20-2-4-23(26-15-20)29-9-11-33-12-10-29/h1-4,13,15,17-18,27,30H,5-12,14,16H2/t17-/m0/s1. The number of rotatable bonds is 9. The third kappa shape index (κ3) is 7.42. The number of aliphatic hydroxyl groups is 1. The van der Waals surface area contributed by atoms with Gasteiger partial charge in [-0.2, -0.15) is 0 Å². The van der Waals surface area contributed by atoms with E-state index in [1.165, 1.54) is 12.3 Å². The molecule has 0 radical (unpaired) electrons. The summed E-state index contributed by atoms with van der Waals surface area (Å²) in [5, 5.41) is 11.4. The van der Waals surface area contributed by atoms with Crippen molar-refractivity contribution in [3.05, 3.63) is 46.6 Å². The van der Waals surface area contributed by atoms with Gasteiger partial charge in [-0.3, -0.25) is 0 Å². The van der Waals surface area contributed by atoms with E-state index in [4.69, 9.17) is 32.7 Å². The zero-order valence-corrected chi connectivity index (χ0v) is 21.6. The minimum Gasteiger partial charge on any atom is -0.490 e. The molecule has 2 aliphatic heterocycles. The Bertz CT molecular complexity index is 1080. The van der Waals surface area contributed by atoms with Crippen molar-refractivity contribution >= 4 is 39.0 Å². The summed E-state index contributed by atoms with van der Waals surface area (Å²) >= 11 is 12.0. The summed E-state index contributed by atoms with van der Waals surface area (Å²) in [6, 6.07) is 8.44. The highest BCUT2D eigenvalue weighted by atomic mass is 35.5. The summed E-state index contributed by atoms with van der Waals surface area (Å²) in [5.41, 5.74) is 0. The Morgan fingerprint density at radius 2 is 1.86 bits per heavy atom. The van der Waals surface area contributed by atoms with Crippen LogP contribution in [0.1, 0.15) is 12.8 Å². The molecular formula is C23H30Cl2N4O5S. The van der Waals surface area contributed by atoms with Gasteiger partial charge in [-0.05, 0) is 37.1 Å². The maximum Gasteiger partial charge on any atom is 0.242 e. The molecule has 4 rings (SSSR count). The van der Waals surface area contributed by atoms with Crippen molar-refractivity contribution in [1.82, 2.24) is 14.6 Å². The van der Waals surface area contributed by atoms with Crippen LogP contribution in [-0.4, -0.2) is 88.1 Å². The Morgan fingerprint density at radius 3 is 2.51 bits per heavy atom. The second-order valence-corrected chi connectivity index (χ2v) is 11.2. The van der Waals surface area contributed by atoms with Crippen LogP contribution < -0.4 is 14.4 Å². The zero-order valence-electron chi connectivity index (χ0n) is 19.3. The number of pyridine rings is 1. The first-order valence-electron chi connectivity index (χ1n) is 11.6. The minimum atomic E-state index is -3.77. The van der Waals surface area contributed by atoms with Gasteiger partial charge < -0.3 is 24.4 Å². The number of likely N-dealkylation sites (tertiary alicyclic amines) is 1. The van der Waals surface area contributed by atoms with E-state index in [2.05, 4.69) is 19.5 Å². The molecule has 192 valence electrons. The van der Waals surface area contributed by atoms with Crippen molar-refractivity contribution in [1.29, 1.82) is 0 Å². The van der Waals surface area contributed by atoms with Crippen molar-refractivity contribution in [2.75, 3.05) is 57.4 Å². The molecule has 0 aliphatic carbocycles. The van der Waals surface area contributed by atoms with Crippen LogP contribution in [-0.2, 0) is 14.8 Å². The summed E-state index contributed by atoms with van der Waals surface area (Å²) in [5.74, 6) is 1.40. The van der Waals surface area contributed by atoms with Gasteiger partial charge in [0.2, 0.25) is 10.0 Å². The fraction of sp³-hybridized carbons (Fsp3) is 0.522. The molecule has 2 saturated heterocycles. The highest BCUT2D eigenvalue weighted by Crippen LogP contribution is 2.28. The number of sulfonamides is 1. The van der Waals surface area contributed by atoms with Gasteiger partial charge in [-0.25, -0.2) is 18.1 Å². The largest absolute Gasteiger partial charge is 0.490 e. The SMILES string of the molecule is O=S(=O)(NC[C@H](O)CN1CCC(Oc2ccc(Cl)c(Cl)c2)CC1)c1ccc(N2CCOCC2)nc1. The molecule has 0 spiro atoms. The maximum atomic E-state index is 12.6. The Balaban J connectivity index is 1.20. The molecule has 0 bridgehead atoms. The van der Waals surface area contributed by atoms with Crippen LogP contribution in [0.5, 0.6) is 5.75 Å². The molecule has 0 unspecified atom stereocenters. The summed E-state index contributed by atoms with van der Waals surface area (Å²) in [6.07, 6.45) is 2.14. The molecule has 0 amide bonds. The Morgan fingerprint density at radius 1 is 1.11 bits per heavy atom. The molecule has 3 heterocycles. The molecule has 2 N–H and O–H groups in total. The number of nitrogens with zero attached hydrogens (tertiary/aromatic N) is 3. The lowest BCUT2D eigenvalue weighted by atomic mass is 10.1. The molecule has 0 saturated carbocycles. The number of aromatic nitrogens is 1. The van der Waals surface area contributed by atoms with E-state index in [9.17, 15) is 13.5 Å². The third-order valence-electron chi connectivity index (χ3n) is 6.07. The lowest BCUT2D eigenvalue weighted by molar-refractivity contribution is 0.0630. The fourth-order valence-corrected chi connectivity index (χ4v) is 5.42. The lowest BCUT2D eigenvalue weighted by Gasteiger charge is -2.33. The molecule has 2 aliphatic rings. The predicted octanol–water partition coefficient (Wildman–Crippen LogP) is 2.41. The Labute approximate surface area is 216 Å². The summed E-state index contributed by atoms with van der Waals surface area (Å²) in [7, 11) is -3.77. The summed E-state index contributed by atoms with van der Waals surface area (Å²) < 4.78 is 39.1. The molecular weight excluding hydrogens is 515 g/mol. The van der Waals surface area contributed by atoms with Crippen LogP contribution >= 0.6 is 23.2 Å². The van der Waals surface area contributed by atoms with Crippen molar-refractivity contribution in [3.8, 4) is 5.75 Å². The first-order valence-corrected chi connectivity index (χ1v) is 13.8. The van der Waals surface area contributed by atoms with Crippen LogP contribution in [0.2, 0.25) is 10.0 Å². The molecule has 12 heteroatoms. The molecule has 35 heavy (non-hydrogen) atoms. The van der Waals surface area contributed by atoms with E-state index in [0.29, 0.717) is 35.6 Å². The van der Waals surface area contributed by atoms with Gasteiger partial charge in [0, 0.05) is 51.5 Å². The highest BCUT2D eigenvalue weighted by Gasteiger charge is 2.24. The van der Waals surface area contributed by atoms with Gasteiger partial charge >= 0.3 is 0 Å².